The summed E-state index contributed by atoms with van der Waals surface area (Å²) in [6, 6.07) is 16.2. The lowest BCUT2D eigenvalue weighted by Gasteiger charge is -2.41. The van der Waals surface area contributed by atoms with Crippen LogP contribution in [0, 0.1) is 0 Å². The molecule has 8 nitrogen and oxygen atoms in total. The van der Waals surface area contributed by atoms with Gasteiger partial charge >= 0.3 is 0 Å². The quantitative estimate of drug-likeness (QED) is 0.790. The van der Waals surface area contributed by atoms with E-state index in [1.165, 1.54) is 5.56 Å². The minimum atomic E-state index is -0.430. The summed E-state index contributed by atoms with van der Waals surface area (Å²) < 4.78 is 10.9. The summed E-state index contributed by atoms with van der Waals surface area (Å²) >= 11 is 0. The maximum atomic E-state index is 6.14. The SMILES string of the molecule is CCc1cccc(NC2N=C(N)N=C(N3CCOCC3)N2c2ccc(OC)cc2)c1. The fourth-order valence-corrected chi connectivity index (χ4v) is 3.59. The molecule has 2 aliphatic rings. The fourth-order valence-electron chi connectivity index (χ4n) is 3.59. The molecule has 2 aromatic carbocycles. The van der Waals surface area contributed by atoms with E-state index in [1.54, 1.807) is 7.11 Å². The summed E-state index contributed by atoms with van der Waals surface area (Å²) in [5, 5.41) is 3.52. The first-order valence-corrected chi connectivity index (χ1v) is 10.2. The van der Waals surface area contributed by atoms with Crippen LogP contribution in [0.5, 0.6) is 5.75 Å². The average Bonchev–Trinajstić information content (AvgIpc) is 2.79. The number of rotatable bonds is 5. The number of hydrogen-bond donors (Lipinski definition) is 2. The normalized spacial score (nSPS) is 19.2. The number of nitrogens with two attached hydrogens (primary N) is 1. The Balaban J connectivity index is 1.70. The van der Waals surface area contributed by atoms with Crippen LogP contribution in [0.25, 0.3) is 0 Å². The van der Waals surface area contributed by atoms with Crippen LogP contribution in [0.1, 0.15) is 12.5 Å². The van der Waals surface area contributed by atoms with Crippen molar-refractivity contribution in [3.05, 3.63) is 54.1 Å². The van der Waals surface area contributed by atoms with Crippen molar-refractivity contribution >= 4 is 23.3 Å². The van der Waals surface area contributed by atoms with E-state index in [9.17, 15) is 0 Å². The molecule has 0 spiro atoms. The molecule has 0 saturated carbocycles. The highest BCUT2D eigenvalue weighted by Gasteiger charge is 2.32. The molecule has 1 saturated heterocycles. The molecule has 1 fully saturated rings. The third-order valence-electron chi connectivity index (χ3n) is 5.20. The van der Waals surface area contributed by atoms with Crippen molar-refractivity contribution < 1.29 is 9.47 Å². The van der Waals surface area contributed by atoms with E-state index >= 15 is 0 Å². The van der Waals surface area contributed by atoms with Crippen molar-refractivity contribution in [1.82, 2.24) is 4.90 Å². The predicted octanol–water partition coefficient (Wildman–Crippen LogP) is 2.48. The minimum absolute atomic E-state index is 0.255. The Morgan fingerprint density at radius 2 is 1.93 bits per heavy atom. The van der Waals surface area contributed by atoms with Gasteiger partial charge in [-0.25, -0.2) is 4.99 Å². The largest absolute Gasteiger partial charge is 0.497 e. The molecule has 0 aliphatic carbocycles. The molecule has 3 N–H and O–H groups in total. The number of anilines is 2. The standard InChI is InChI=1S/C22H28N6O2/c1-3-16-5-4-6-17(15-16)24-21-25-20(23)26-22(27-11-13-30-14-12-27)28(21)18-7-9-19(29-2)10-8-18/h4-10,15,21,24H,3,11-14H2,1-2H3,(H2,23,25). The number of ether oxygens (including phenoxy) is 2. The van der Waals surface area contributed by atoms with Crippen molar-refractivity contribution in [2.75, 3.05) is 43.6 Å². The number of morpholine rings is 1. The molecule has 158 valence electrons. The molecule has 1 unspecified atom stereocenters. The molecule has 30 heavy (non-hydrogen) atoms. The lowest BCUT2D eigenvalue weighted by Crippen LogP contribution is -2.57. The Bertz CT molecular complexity index is 921. The zero-order valence-corrected chi connectivity index (χ0v) is 17.4. The van der Waals surface area contributed by atoms with Gasteiger partial charge in [0.1, 0.15) is 5.75 Å². The van der Waals surface area contributed by atoms with Crippen molar-refractivity contribution in [1.29, 1.82) is 0 Å². The molecule has 1 atom stereocenters. The zero-order valence-electron chi connectivity index (χ0n) is 17.4. The molecule has 2 heterocycles. The van der Waals surface area contributed by atoms with Gasteiger partial charge in [-0.1, -0.05) is 19.1 Å². The summed E-state index contributed by atoms with van der Waals surface area (Å²) in [5.74, 6) is 1.81. The molecule has 4 rings (SSSR count). The molecular formula is C22H28N6O2. The van der Waals surface area contributed by atoms with Gasteiger partial charge in [-0.05, 0) is 48.4 Å². The Hall–Kier alpha value is -3.26. The smallest absolute Gasteiger partial charge is 0.222 e. The van der Waals surface area contributed by atoms with Crippen LogP contribution in [0.3, 0.4) is 0 Å². The van der Waals surface area contributed by atoms with Gasteiger partial charge in [-0.2, -0.15) is 4.99 Å². The van der Waals surface area contributed by atoms with E-state index in [0.29, 0.717) is 13.2 Å². The molecule has 2 aromatic rings. The monoisotopic (exact) mass is 408 g/mol. The second kappa shape index (κ2) is 9.04. The fraction of sp³-hybridized carbons (Fsp3) is 0.364. The number of methoxy groups -OCH3 is 1. The van der Waals surface area contributed by atoms with Gasteiger partial charge in [-0.15, -0.1) is 0 Å². The van der Waals surface area contributed by atoms with Crippen LogP contribution < -0.4 is 20.7 Å². The Kier molecular flexibility index (Phi) is 6.04. The third-order valence-corrected chi connectivity index (χ3v) is 5.20. The van der Waals surface area contributed by atoms with E-state index in [1.807, 2.05) is 36.4 Å². The topological polar surface area (TPSA) is 87.7 Å². The van der Waals surface area contributed by atoms with Gasteiger partial charge < -0.3 is 25.4 Å². The second-order valence-electron chi connectivity index (χ2n) is 7.14. The Morgan fingerprint density at radius 3 is 2.63 bits per heavy atom. The van der Waals surface area contributed by atoms with Gasteiger partial charge in [0.15, 0.2) is 0 Å². The maximum absolute atomic E-state index is 6.14. The van der Waals surface area contributed by atoms with Crippen LogP contribution in [0.15, 0.2) is 58.5 Å². The van der Waals surface area contributed by atoms with Crippen LogP contribution in [0.2, 0.25) is 0 Å². The summed E-state index contributed by atoms with van der Waals surface area (Å²) in [5.41, 5.74) is 9.32. The summed E-state index contributed by atoms with van der Waals surface area (Å²) in [6.45, 7) is 4.95. The molecule has 0 aromatic heterocycles. The number of aryl methyl sites for hydroxylation is 1. The summed E-state index contributed by atoms with van der Waals surface area (Å²) in [6.07, 6.45) is 0.537. The average molecular weight is 409 g/mol. The van der Waals surface area contributed by atoms with E-state index in [2.05, 4.69) is 44.2 Å². The number of aliphatic imine (C=N–C) groups is 2. The third kappa shape index (κ3) is 4.33. The zero-order chi connectivity index (χ0) is 20.9. The van der Waals surface area contributed by atoms with Crippen molar-refractivity contribution in [3.8, 4) is 5.75 Å². The van der Waals surface area contributed by atoms with E-state index in [0.717, 1.165) is 42.6 Å². The first kappa shape index (κ1) is 20.0. The molecule has 0 radical (unpaired) electrons. The Morgan fingerprint density at radius 1 is 1.17 bits per heavy atom. The highest BCUT2D eigenvalue weighted by molar-refractivity contribution is 6.06. The van der Waals surface area contributed by atoms with Gasteiger partial charge in [0, 0.05) is 24.5 Å². The lowest BCUT2D eigenvalue weighted by molar-refractivity contribution is 0.0671. The first-order valence-electron chi connectivity index (χ1n) is 10.2. The molecule has 0 amide bonds. The van der Waals surface area contributed by atoms with Crippen LogP contribution >= 0.6 is 0 Å². The predicted molar refractivity (Wildman–Crippen MR) is 120 cm³/mol. The van der Waals surface area contributed by atoms with Gasteiger partial charge in [0.2, 0.25) is 18.2 Å². The molecule has 8 heteroatoms. The van der Waals surface area contributed by atoms with Crippen molar-refractivity contribution in [3.63, 3.8) is 0 Å². The number of hydrogen-bond acceptors (Lipinski definition) is 8. The maximum Gasteiger partial charge on any atom is 0.222 e. The summed E-state index contributed by atoms with van der Waals surface area (Å²) in [4.78, 5) is 13.5. The van der Waals surface area contributed by atoms with Crippen LogP contribution in [-0.2, 0) is 11.2 Å². The van der Waals surface area contributed by atoms with E-state index in [-0.39, 0.29) is 5.96 Å². The molecular weight excluding hydrogens is 380 g/mol. The number of benzene rings is 2. The number of guanidine groups is 2. The van der Waals surface area contributed by atoms with Gasteiger partial charge in [-0.3, -0.25) is 4.90 Å². The lowest BCUT2D eigenvalue weighted by atomic mass is 10.1. The van der Waals surface area contributed by atoms with Crippen molar-refractivity contribution in [2.24, 2.45) is 15.7 Å². The molecule has 0 bridgehead atoms. The van der Waals surface area contributed by atoms with Gasteiger partial charge in [0.25, 0.3) is 0 Å². The molecule has 2 aliphatic heterocycles. The van der Waals surface area contributed by atoms with Crippen LogP contribution in [0.4, 0.5) is 11.4 Å². The van der Waals surface area contributed by atoms with Crippen LogP contribution in [-0.4, -0.2) is 56.5 Å². The summed E-state index contributed by atoms with van der Waals surface area (Å²) in [7, 11) is 1.66. The highest BCUT2D eigenvalue weighted by Crippen LogP contribution is 2.26. The van der Waals surface area contributed by atoms with E-state index in [4.69, 9.17) is 15.2 Å². The van der Waals surface area contributed by atoms with E-state index < -0.39 is 6.29 Å². The minimum Gasteiger partial charge on any atom is -0.497 e. The number of nitrogens with one attached hydrogen (secondary N) is 1. The number of nitrogens with zero attached hydrogens (tertiary/aromatic N) is 4. The second-order valence-corrected chi connectivity index (χ2v) is 7.14. The highest BCUT2D eigenvalue weighted by atomic mass is 16.5. The van der Waals surface area contributed by atoms with Gasteiger partial charge in [0.05, 0.1) is 20.3 Å². The Labute approximate surface area is 177 Å². The van der Waals surface area contributed by atoms with Crippen molar-refractivity contribution in [2.45, 2.75) is 19.6 Å². The first-order chi connectivity index (χ1) is 14.7.